The molecule has 2 aromatic rings. The zero-order valence-electron chi connectivity index (χ0n) is 10.0. The van der Waals surface area contributed by atoms with Crippen LogP contribution in [0.1, 0.15) is 34.6 Å². The molecule has 1 amide bonds. The second-order valence-electron chi connectivity index (χ2n) is 4.04. The highest BCUT2D eigenvalue weighted by atomic mass is 79.9. The Balaban J connectivity index is 2.03. The smallest absolute Gasteiger partial charge is 0.251 e. The zero-order valence-corrected chi connectivity index (χ0v) is 11.6. The van der Waals surface area contributed by atoms with Crippen LogP contribution in [-0.4, -0.2) is 5.91 Å². The van der Waals surface area contributed by atoms with E-state index in [1.165, 1.54) is 0 Å². The maximum atomic E-state index is 12.0. The minimum absolute atomic E-state index is 0.0972. The van der Waals surface area contributed by atoms with Crippen LogP contribution in [0.5, 0.6) is 0 Å². The Labute approximate surface area is 114 Å². The van der Waals surface area contributed by atoms with E-state index in [0.717, 1.165) is 16.7 Å². The van der Waals surface area contributed by atoms with Crippen LogP contribution in [0.3, 0.4) is 0 Å². The van der Waals surface area contributed by atoms with Crippen LogP contribution in [0.4, 0.5) is 0 Å². The van der Waals surface area contributed by atoms with Gasteiger partial charge in [-0.15, -0.1) is 0 Å². The van der Waals surface area contributed by atoms with Crippen molar-refractivity contribution in [2.75, 3.05) is 0 Å². The molecule has 1 atom stereocenters. The number of nitrogens with one attached hydrogen (secondary N) is 1. The van der Waals surface area contributed by atoms with Crippen LogP contribution < -0.4 is 5.32 Å². The van der Waals surface area contributed by atoms with Gasteiger partial charge in [0.25, 0.3) is 5.91 Å². The average Bonchev–Trinajstić information content (AvgIpc) is 2.92. The summed E-state index contributed by atoms with van der Waals surface area (Å²) in [5.74, 6) is 0.653. The Kier molecular flexibility index (Phi) is 4.20. The highest BCUT2D eigenvalue weighted by Crippen LogP contribution is 2.14. The van der Waals surface area contributed by atoms with Crippen molar-refractivity contribution in [1.29, 1.82) is 0 Å². The van der Waals surface area contributed by atoms with E-state index in [0.29, 0.717) is 5.56 Å². The van der Waals surface area contributed by atoms with Gasteiger partial charge < -0.3 is 9.73 Å². The second kappa shape index (κ2) is 5.87. The van der Waals surface area contributed by atoms with Gasteiger partial charge in [0.2, 0.25) is 0 Å². The largest absolute Gasteiger partial charge is 0.467 e. The summed E-state index contributed by atoms with van der Waals surface area (Å²) < 4.78 is 5.25. The zero-order chi connectivity index (χ0) is 13.0. The number of alkyl halides is 1. The molecule has 0 spiro atoms. The van der Waals surface area contributed by atoms with Crippen LogP contribution in [0, 0.1) is 0 Å². The van der Waals surface area contributed by atoms with Gasteiger partial charge in [-0.1, -0.05) is 28.1 Å². The molecule has 1 heterocycles. The van der Waals surface area contributed by atoms with Gasteiger partial charge in [-0.05, 0) is 36.8 Å². The van der Waals surface area contributed by atoms with E-state index in [4.69, 9.17) is 4.42 Å². The summed E-state index contributed by atoms with van der Waals surface area (Å²) in [5, 5.41) is 3.68. The lowest BCUT2D eigenvalue weighted by molar-refractivity contribution is 0.0935. The van der Waals surface area contributed by atoms with Crippen molar-refractivity contribution in [3.05, 3.63) is 59.5 Å². The molecule has 3 nitrogen and oxygen atoms in total. The van der Waals surface area contributed by atoms with Crippen LogP contribution in [0.15, 0.2) is 47.1 Å². The molecule has 1 N–H and O–H groups in total. The third-order valence-corrected chi connectivity index (χ3v) is 3.34. The van der Waals surface area contributed by atoms with E-state index in [-0.39, 0.29) is 11.9 Å². The fourth-order valence-corrected chi connectivity index (χ4v) is 2.01. The molecule has 1 aromatic carbocycles. The molecule has 0 bridgehead atoms. The van der Waals surface area contributed by atoms with E-state index in [9.17, 15) is 4.79 Å². The molecule has 0 radical (unpaired) electrons. The molecule has 1 aromatic heterocycles. The maximum Gasteiger partial charge on any atom is 0.251 e. The third kappa shape index (κ3) is 3.01. The number of furan rings is 1. The number of hydrogen-bond donors (Lipinski definition) is 1. The van der Waals surface area contributed by atoms with Crippen molar-refractivity contribution in [2.24, 2.45) is 0 Å². The first-order valence-electron chi connectivity index (χ1n) is 5.70. The Hall–Kier alpha value is -1.55. The predicted octanol–water partition coefficient (Wildman–Crippen LogP) is 3.67. The summed E-state index contributed by atoms with van der Waals surface area (Å²) in [6.45, 7) is 1.89. The Morgan fingerprint density at radius 1 is 1.33 bits per heavy atom. The molecule has 4 heteroatoms. The lowest BCUT2D eigenvalue weighted by Gasteiger charge is -2.11. The molecular weight excluding hydrogens is 294 g/mol. The van der Waals surface area contributed by atoms with Gasteiger partial charge in [-0.2, -0.15) is 0 Å². The third-order valence-electron chi connectivity index (χ3n) is 2.69. The van der Waals surface area contributed by atoms with Gasteiger partial charge >= 0.3 is 0 Å². The predicted molar refractivity (Wildman–Crippen MR) is 73.7 cm³/mol. The number of halogens is 1. The molecule has 0 aliphatic heterocycles. The average molecular weight is 308 g/mol. The standard InChI is InChI=1S/C14H14BrNO2/c1-10(13-3-2-8-18-13)16-14(17)12-6-4-11(9-15)5-7-12/h2-8,10H,9H2,1H3,(H,16,17)/t10-/m1/s1. The molecule has 0 saturated carbocycles. The first-order chi connectivity index (χ1) is 8.70. The molecule has 0 unspecified atom stereocenters. The number of rotatable bonds is 4. The molecule has 0 fully saturated rings. The highest BCUT2D eigenvalue weighted by Gasteiger charge is 2.12. The van der Waals surface area contributed by atoms with Crippen LogP contribution in [0.25, 0.3) is 0 Å². The van der Waals surface area contributed by atoms with Crippen molar-refractivity contribution in [3.8, 4) is 0 Å². The summed E-state index contributed by atoms with van der Waals surface area (Å²) in [5.41, 5.74) is 1.80. The monoisotopic (exact) mass is 307 g/mol. The highest BCUT2D eigenvalue weighted by molar-refractivity contribution is 9.08. The van der Waals surface area contributed by atoms with Gasteiger partial charge in [-0.3, -0.25) is 4.79 Å². The number of hydrogen-bond acceptors (Lipinski definition) is 2. The lowest BCUT2D eigenvalue weighted by atomic mass is 10.1. The Morgan fingerprint density at radius 2 is 2.06 bits per heavy atom. The van der Waals surface area contributed by atoms with Crippen molar-refractivity contribution in [1.82, 2.24) is 5.32 Å². The lowest BCUT2D eigenvalue weighted by Crippen LogP contribution is -2.26. The Bertz CT molecular complexity index is 505. The summed E-state index contributed by atoms with van der Waals surface area (Å²) in [7, 11) is 0. The molecular formula is C14H14BrNO2. The summed E-state index contributed by atoms with van der Waals surface area (Å²) in [4.78, 5) is 12.0. The number of carbonyl (C=O) groups is 1. The van der Waals surface area contributed by atoms with E-state index in [1.807, 2.05) is 43.3 Å². The topological polar surface area (TPSA) is 42.2 Å². The van der Waals surface area contributed by atoms with Crippen LogP contribution in [-0.2, 0) is 5.33 Å². The molecule has 0 aliphatic rings. The number of amides is 1. The maximum absolute atomic E-state index is 12.0. The van der Waals surface area contributed by atoms with Gasteiger partial charge in [0.1, 0.15) is 5.76 Å². The summed E-state index contributed by atoms with van der Waals surface area (Å²) in [6.07, 6.45) is 1.60. The number of benzene rings is 1. The fraction of sp³-hybridized carbons (Fsp3) is 0.214. The van der Waals surface area contributed by atoms with Crippen molar-refractivity contribution in [2.45, 2.75) is 18.3 Å². The van der Waals surface area contributed by atoms with Gasteiger partial charge in [0.05, 0.1) is 12.3 Å². The molecule has 0 saturated heterocycles. The van der Waals surface area contributed by atoms with Crippen molar-refractivity contribution < 1.29 is 9.21 Å². The van der Waals surface area contributed by atoms with Crippen LogP contribution in [0.2, 0.25) is 0 Å². The second-order valence-corrected chi connectivity index (χ2v) is 4.60. The summed E-state index contributed by atoms with van der Waals surface area (Å²) in [6, 6.07) is 11.0. The molecule has 94 valence electrons. The summed E-state index contributed by atoms with van der Waals surface area (Å²) >= 11 is 3.37. The molecule has 2 rings (SSSR count). The van der Waals surface area contributed by atoms with Crippen LogP contribution >= 0.6 is 15.9 Å². The van der Waals surface area contributed by atoms with Gasteiger partial charge in [0.15, 0.2) is 0 Å². The SMILES string of the molecule is C[C@@H](NC(=O)c1ccc(CBr)cc1)c1ccco1. The minimum atomic E-state index is -0.136. The van der Waals surface area contributed by atoms with Gasteiger partial charge in [-0.25, -0.2) is 0 Å². The fourth-order valence-electron chi connectivity index (χ4n) is 1.63. The van der Waals surface area contributed by atoms with Crippen molar-refractivity contribution >= 4 is 21.8 Å². The van der Waals surface area contributed by atoms with E-state index < -0.39 is 0 Å². The first kappa shape index (κ1) is 12.9. The minimum Gasteiger partial charge on any atom is -0.467 e. The van der Waals surface area contributed by atoms with E-state index >= 15 is 0 Å². The Morgan fingerprint density at radius 3 is 2.61 bits per heavy atom. The van der Waals surface area contributed by atoms with E-state index in [2.05, 4.69) is 21.2 Å². The quantitative estimate of drug-likeness (QED) is 0.876. The molecule has 18 heavy (non-hydrogen) atoms. The van der Waals surface area contributed by atoms with E-state index in [1.54, 1.807) is 6.26 Å². The van der Waals surface area contributed by atoms with Gasteiger partial charge in [0, 0.05) is 10.9 Å². The molecule has 0 aliphatic carbocycles. The number of carbonyl (C=O) groups excluding carboxylic acids is 1. The van der Waals surface area contributed by atoms with Crippen molar-refractivity contribution in [3.63, 3.8) is 0 Å². The normalized spacial score (nSPS) is 12.1. The first-order valence-corrected chi connectivity index (χ1v) is 6.82.